The van der Waals surface area contributed by atoms with E-state index in [1.807, 2.05) is 31.2 Å². The lowest BCUT2D eigenvalue weighted by Gasteiger charge is -2.06. The van der Waals surface area contributed by atoms with E-state index in [1.165, 1.54) is 5.56 Å². The second-order valence-electron chi connectivity index (χ2n) is 3.65. The summed E-state index contributed by atoms with van der Waals surface area (Å²) in [5.41, 5.74) is 1.23. The molecule has 0 aromatic heterocycles. The molecule has 1 N–H and O–H groups in total. The van der Waals surface area contributed by atoms with Crippen molar-refractivity contribution in [1.82, 2.24) is 0 Å². The maximum absolute atomic E-state index is 10.3. The molecule has 0 aliphatic rings. The number of aliphatic hydroxyl groups excluding tert-OH is 1. The normalized spacial score (nSPS) is 10.7. The van der Waals surface area contributed by atoms with Crippen molar-refractivity contribution < 1.29 is 19.4 Å². The maximum atomic E-state index is 10.3. The molecule has 0 radical (unpaired) electrons. The van der Waals surface area contributed by atoms with E-state index in [2.05, 4.69) is 11.3 Å². The first-order chi connectivity index (χ1) is 8.53. The first kappa shape index (κ1) is 16.2. The van der Waals surface area contributed by atoms with Crippen molar-refractivity contribution >= 4 is 5.97 Å². The third kappa shape index (κ3) is 7.46. The van der Waals surface area contributed by atoms with Gasteiger partial charge in [-0.15, -0.1) is 0 Å². The third-order valence-corrected chi connectivity index (χ3v) is 1.97. The van der Waals surface area contributed by atoms with E-state index in [-0.39, 0.29) is 6.61 Å². The minimum Gasteiger partial charge on any atom is -0.497 e. The van der Waals surface area contributed by atoms with Gasteiger partial charge in [0, 0.05) is 6.08 Å². The van der Waals surface area contributed by atoms with Crippen LogP contribution in [0.4, 0.5) is 0 Å². The van der Waals surface area contributed by atoms with Crippen molar-refractivity contribution in [3.8, 4) is 5.75 Å². The second-order valence-corrected chi connectivity index (χ2v) is 3.65. The fourth-order valence-electron chi connectivity index (χ4n) is 1.03. The number of carbonyl (C=O) groups excluding carboxylic acids is 1. The van der Waals surface area contributed by atoms with Gasteiger partial charge in [-0.25, -0.2) is 4.79 Å². The molecule has 4 heteroatoms. The zero-order valence-electron chi connectivity index (χ0n) is 11.1. The van der Waals surface area contributed by atoms with E-state index < -0.39 is 12.1 Å². The molecule has 1 unspecified atom stereocenters. The molecule has 0 aliphatic carbocycles. The molecule has 0 aliphatic heterocycles. The summed E-state index contributed by atoms with van der Waals surface area (Å²) < 4.78 is 9.54. The van der Waals surface area contributed by atoms with Crippen molar-refractivity contribution in [2.75, 3.05) is 13.7 Å². The standard InChI is InChI=1S/C8H10O.C6H10O3/c1-7-4-3-5-8(6-7)9-2;1-3-6(8)9-5(2)4-7/h3-6H,1-2H3;3,5,7H,1,4H2,2H3. The lowest BCUT2D eigenvalue weighted by Crippen LogP contribution is -2.16. The van der Waals surface area contributed by atoms with E-state index in [9.17, 15) is 4.79 Å². The van der Waals surface area contributed by atoms with Crippen LogP contribution in [0.15, 0.2) is 36.9 Å². The Labute approximate surface area is 108 Å². The summed E-state index contributed by atoms with van der Waals surface area (Å²) in [5.74, 6) is 0.423. The molecule has 18 heavy (non-hydrogen) atoms. The third-order valence-electron chi connectivity index (χ3n) is 1.97. The highest BCUT2D eigenvalue weighted by molar-refractivity contribution is 5.81. The Bertz CT molecular complexity index is 374. The number of aliphatic hydroxyl groups is 1. The molecule has 0 fully saturated rings. The van der Waals surface area contributed by atoms with Crippen LogP contribution in [-0.4, -0.2) is 30.9 Å². The lowest BCUT2D eigenvalue weighted by molar-refractivity contribution is -0.143. The highest BCUT2D eigenvalue weighted by atomic mass is 16.5. The SMILES string of the molecule is C=CC(=O)OC(C)CO.COc1cccc(C)c1. The molecule has 0 saturated heterocycles. The molecule has 1 aromatic rings. The molecule has 0 amide bonds. The van der Waals surface area contributed by atoms with Crippen LogP contribution in [0.5, 0.6) is 5.75 Å². The highest BCUT2D eigenvalue weighted by Gasteiger charge is 2.02. The van der Waals surface area contributed by atoms with E-state index >= 15 is 0 Å². The molecular weight excluding hydrogens is 232 g/mol. The van der Waals surface area contributed by atoms with Gasteiger partial charge in [0.05, 0.1) is 13.7 Å². The van der Waals surface area contributed by atoms with Crippen molar-refractivity contribution in [3.05, 3.63) is 42.5 Å². The molecule has 0 bridgehead atoms. The van der Waals surface area contributed by atoms with Gasteiger partial charge in [-0.05, 0) is 31.5 Å². The molecule has 0 saturated carbocycles. The first-order valence-corrected chi connectivity index (χ1v) is 5.58. The maximum Gasteiger partial charge on any atom is 0.330 e. The van der Waals surface area contributed by atoms with Crippen LogP contribution in [0.25, 0.3) is 0 Å². The molecular formula is C14H20O4. The van der Waals surface area contributed by atoms with Gasteiger partial charge in [-0.2, -0.15) is 0 Å². The number of esters is 1. The van der Waals surface area contributed by atoms with Gasteiger partial charge < -0.3 is 14.6 Å². The number of benzene rings is 1. The summed E-state index contributed by atoms with van der Waals surface area (Å²) >= 11 is 0. The van der Waals surface area contributed by atoms with Crippen molar-refractivity contribution in [2.45, 2.75) is 20.0 Å². The number of rotatable bonds is 4. The van der Waals surface area contributed by atoms with Crippen LogP contribution in [0, 0.1) is 6.92 Å². The van der Waals surface area contributed by atoms with E-state index in [1.54, 1.807) is 14.0 Å². The van der Waals surface area contributed by atoms with Crippen LogP contribution in [0.2, 0.25) is 0 Å². The molecule has 1 aromatic carbocycles. The summed E-state index contributed by atoms with van der Waals surface area (Å²) in [6.45, 7) is 6.68. The van der Waals surface area contributed by atoms with Gasteiger partial charge in [-0.3, -0.25) is 0 Å². The Hall–Kier alpha value is -1.81. The Kier molecular flexibility index (Phi) is 8.31. The van der Waals surface area contributed by atoms with E-state index in [0.717, 1.165) is 11.8 Å². The van der Waals surface area contributed by atoms with Crippen molar-refractivity contribution in [1.29, 1.82) is 0 Å². The number of hydrogen-bond acceptors (Lipinski definition) is 4. The molecule has 1 rings (SSSR count). The van der Waals surface area contributed by atoms with Crippen molar-refractivity contribution in [3.63, 3.8) is 0 Å². The van der Waals surface area contributed by atoms with E-state index in [0.29, 0.717) is 0 Å². The number of methoxy groups -OCH3 is 1. The Morgan fingerprint density at radius 1 is 1.56 bits per heavy atom. The lowest BCUT2D eigenvalue weighted by atomic mass is 10.2. The number of aryl methyl sites for hydroxylation is 1. The summed E-state index contributed by atoms with van der Waals surface area (Å²) in [7, 11) is 1.68. The average Bonchev–Trinajstić information content (AvgIpc) is 2.39. The van der Waals surface area contributed by atoms with Crippen LogP contribution < -0.4 is 4.74 Å². The molecule has 1 atom stereocenters. The fraction of sp³-hybridized carbons (Fsp3) is 0.357. The minimum atomic E-state index is -0.503. The van der Waals surface area contributed by atoms with Gasteiger partial charge in [0.2, 0.25) is 0 Å². The average molecular weight is 252 g/mol. The van der Waals surface area contributed by atoms with Gasteiger partial charge in [-0.1, -0.05) is 18.7 Å². The van der Waals surface area contributed by atoms with Crippen LogP contribution in [-0.2, 0) is 9.53 Å². The van der Waals surface area contributed by atoms with Crippen molar-refractivity contribution in [2.24, 2.45) is 0 Å². The predicted molar refractivity (Wildman–Crippen MR) is 70.6 cm³/mol. The van der Waals surface area contributed by atoms with Gasteiger partial charge in [0.15, 0.2) is 0 Å². The largest absolute Gasteiger partial charge is 0.497 e. The summed E-state index contributed by atoms with van der Waals surface area (Å²) in [6, 6.07) is 7.96. The molecule has 0 heterocycles. The molecule has 0 spiro atoms. The zero-order chi connectivity index (χ0) is 14.0. The topological polar surface area (TPSA) is 55.8 Å². The number of hydrogen-bond donors (Lipinski definition) is 1. The molecule has 100 valence electrons. The number of ether oxygens (including phenoxy) is 2. The Balaban J connectivity index is 0.000000321. The Morgan fingerprint density at radius 3 is 2.61 bits per heavy atom. The monoisotopic (exact) mass is 252 g/mol. The van der Waals surface area contributed by atoms with Gasteiger partial charge >= 0.3 is 5.97 Å². The summed E-state index contributed by atoms with van der Waals surface area (Å²) in [6.07, 6.45) is 0.627. The quantitative estimate of drug-likeness (QED) is 0.658. The van der Waals surface area contributed by atoms with E-state index in [4.69, 9.17) is 9.84 Å². The second kappa shape index (κ2) is 9.24. The van der Waals surface area contributed by atoms with Gasteiger partial charge in [0.1, 0.15) is 11.9 Å². The minimum absolute atomic E-state index is 0.153. The van der Waals surface area contributed by atoms with Crippen LogP contribution in [0.3, 0.4) is 0 Å². The molecule has 4 nitrogen and oxygen atoms in total. The highest BCUT2D eigenvalue weighted by Crippen LogP contribution is 2.10. The Morgan fingerprint density at radius 2 is 2.22 bits per heavy atom. The van der Waals surface area contributed by atoms with Crippen LogP contribution >= 0.6 is 0 Å². The summed E-state index contributed by atoms with van der Waals surface area (Å²) in [5, 5.41) is 8.37. The smallest absolute Gasteiger partial charge is 0.330 e. The zero-order valence-corrected chi connectivity index (χ0v) is 11.1. The fourth-order valence-corrected chi connectivity index (χ4v) is 1.03. The summed E-state index contributed by atoms with van der Waals surface area (Å²) in [4.78, 5) is 10.3. The first-order valence-electron chi connectivity index (χ1n) is 5.58. The van der Waals surface area contributed by atoms with Crippen LogP contribution in [0.1, 0.15) is 12.5 Å². The number of carbonyl (C=O) groups is 1. The predicted octanol–water partition coefficient (Wildman–Crippen LogP) is 2.10. The van der Waals surface area contributed by atoms with Gasteiger partial charge in [0.25, 0.3) is 0 Å².